The molecule has 3 rings (SSSR count). The van der Waals surface area contributed by atoms with Gasteiger partial charge in [0.05, 0.1) is 11.3 Å². The number of halogens is 3. The first kappa shape index (κ1) is 24.8. The lowest BCUT2D eigenvalue weighted by atomic mass is 9.88. The minimum atomic E-state index is -4.35. The van der Waals surface area contributed by atoms with E-state index in [1.165, 1.54) is 12.1 Å². The smallest absolute Gasteiger partial charge is 0.416 e. The highest BCUT2D eigenvalue weighted by Crippen LogP contribution is 2.33. The summed E-state index contributed by atoms with van der Waals surface area (Å²) in [6.07, 6.45) is -2.96. The third-order valence-corrected chi connectivity index (χ3v) is 5.77. The number of piperidine rings is 1. The Morgan fingerprint density at radius 2 is 1.64 bits per heavy atom. The Bertz CT molecular complexity index is 1010. The van der Waals surface area contributed by atoms with Crippen LogP contribution >= 0.6 is 0 Å². The first-order valence-electron chi connectivity index (χ1n) is 11.1. The van der Waals surface area contributed by atoms with Gasteiger partial charge >= 0.3 is 12.3 Å². The number of hydrogen-bond acceptors (Lipinski definition) is 3. The molecule has 4 nitrogen and oxygen atoms in total. The number of alkyl halides is 3. The summed E-state index contributed by atoms with van der Waals surface area (Å²) in [6.45, 7) is 10.6. The van der Waals surface area contributed by atoms with Crippen LogP contribution in [0.15, 0.2) is 47.5 Å². The number of ether oxygens (including phenoxy) is 1. The van der Waals surface area contributed by atoms with Gasteiger partial charge in [-0.25, -0.2) is 4.79 Å². The first-order valence-corrected chi connectivity index (χ1v) is 11.1. The molecule has 0 aliphatic carbocycles. The van der Waals surface area contributed by atoms with E-state index in [1.54, 1.807) is 11.8 Å². The van der Waals surface area contributed by atoms with Crippen molar-refractivity contribution in [3.63, 3.8) is 0 Å². The molecule has 0 unspecified atom stereocenters. The van der Waals surface area contributed by atoms with Gasteiger partial charge in [0.25, 0.3) is 0 Å². The first-order chi connectivity index (χ1) is 15.3. The minimum Gasteiger partial charge on any atom is -0.444 e. The van der Waals surface area contributed by atoms with Crippen LogP contribution in [-0.4, -0.2) is 35.4 Å². The van der Waals surface area contributed by atoms with E-state index >= 15 is 0 Å². The van der Waals surface area contributed by atoms with Crippen LogP contribution in [0.25, 0.3) is 0 Å². The molecular formula is C26H31F3N2O2. The molecule has 33 heavy (non-hydrogen) atoms. The number of aliphatic imine (C=N–C) groups is 1. The zero-order valence-electron chi connectivity index (χ0n) is 19.8. The van der Waals surface area contributed by atoms with Crippen LogP contribution in [0.4, 0.5) is 23.7 Å². The van der Waals surface area contributed by atoms with E-state index in [1.807, 2.05) is 33.8 Å². The van der Waals surface area contributed by atoms with E-state index in [-0.39, 0.29) is 6.09 Å². The van der Waals surface area contributed by atoms with Crippen molar-refractivity contribution in [3.05, 3.63) is 64.7 Å². The van der Waals surface area contributed by atoms with Crippen LogP contribution in [0.2, 0.25) is 0 Å². The number of carbonyl (C=O) groups excluding carboxylic acids is 1. The molecule has 1 amide bonds. The maximum atomic E-state index is 12.8. The van der Waals surface area contributed by atoms with E-state index < -0.39 is 17.3 Å². The van der Waals surface area contributed by atoms with Gasteiger partial charge < -0.3 is 9.64 Å². The summed E-state index contributed by atoms with van der Waals surface area (Å²) in [5, 5.41) is 0. The van der Waals surface area contributed by atoms with Crippen molar-refractivity contribution in [1.29, 1.82) is 0 Å². The number of hydrogen-bond donors (Lipinski definition) is 0. The van der Waals surface area contributed by atoms with Crippen molar-refractivity contribution in [3.8, 4) is 0 Å². The molecule has 0 atom stereocenters. The quantitative estimate of drug-likeness (QED) is 0.452. The Morgan fingerprint density at radius 1 is 1.03 bits per heavy atom. The van der Waals surface area contributed by atoms with E-state index in [4.69, 9.17) is 9.73 Å². The van der Waals surface area contributed by atoms with Crippen LogP contribution in [0.1, 0.15) is 68.7 Å². The van der Waals surface area contributed by atoms with Gasteiger partial charge in [-0.05, 0) is 88.3 Å². The second-order valence-electron chi connectivity index (χ2n) is 9.56. The molecule has 0 spiro atoms. The van der Waals surface area contributed by atoms with Crippen molar-refractivity contribution in [2.75, 3.05) is 13.1 Å². The number of nitrogens with zero attached hydrogens (tertiary/aromatic N) is 2. The maximum absolute atomic E-state index is 12.8. The fraction of sp³-hybridized carbons (Fsp3) is 0.462. The number of carbonyl (C=O) groups is 1. The third-order valence-electron chi connectivity index (χ3n) is 5.77. The zero-order valence-corrected chi connectivity index (χ0v) is 19.8. The highest BCUT2D eigenvalue weighted by Gasteiger charge is 2.30. The predicted octanol–water partition coefficient (Wildman–Crippen LogP) is 7.27. The normalized spacial score (nSPS) is 16.1. The molecule has 0 bridgehead atoms. The maximum Gasteiger partial charge on any atom is 0.416 e. The molecule has 0 radical (unpaired) electrons. The van der Waals surface area contributed by atoms with Crippen LogP contribution in [0.5, 0.6) is 0 Å². The number of rotatable bonds is 3. The van der Waals surface area contributed by atoms with E-state index in [0.717, 1.165) is 41.8 Å². The summed E-state index contributed by atoms with van der Waals surface area (Å²) in [5.41, 5.74) is 3.08. The average molecular weight is 461 g/mol. The Morgan fingerprint density at radius 3 is 2.18 bits per heavy atom. The zero-order chi connectivity index (χ0) is 24.4. The second-order valence-corrected chi connectivity index (χ2v) is 9.56. The monoisotopic (exact) mass is 460 g/mol. The van der Waals surface area contributed by atoms with Gasteiger partial charge in [-0.15, -0.1) is 0 Å². The van der Waals surface area contributed by atoms with Gasteiger partial charge in [-0.1, -0.05) is 24.3 Å². The molecule has 0 N–H and O–H groups in total. The molecule has 0 saturated carbocycles. The Hall–Kier alpha value is -2.83. The molecule has 1 aliphatic heterocycles. The van der Waals surface area contributed by atoms with E-state index in [2.05, 4.69) is 12.1 Å². The lowest BCUT2D eigenvalue weighted by Gasteiger charge is -2.33. The minimum absolute atomic E-state index is 0.276. The number of aryl methyl sites for hydroxylation is 1. The molecule has 7 heteroatoms. The summed E-state index contributed by atoms with van der Waals surface area (Å²) < 4.78 is 43.9. The van der Waals surface area contributed by atoms with Crippen LogP contribution in [0.3, 0.4) is 0 Å². The molecular weight excluding hydrogens is 429 g/mol. The highest BCUT2D eigenvalue weighted by atomic mass is 19.4. The molecule has 178 valence electrons. The summed E-state index contributed by atoms with van der Waals surface area (Å²) >= 11 is 0. The average Bonchev–Trinajstić information content (AvgIpc) is 2.73. The van der Waals surface area contributed by atoms with Crippen molar-refractivity contribution in [2.24, 2.45) is 4.99 Å². The summed E-state index contributed by atoms with van der Waals surface area (Å²) in [6, 6.07) is 11.2. The van der Waals surface area contributed by atoms with Crippen LogP contribution in [-0.2, 0) is 10.9 Å². The van der Waals surface area contributed by atoms with Crippen LogP contribution in [0, 0.1) is 6.92 Å². The number of amides is 1. The molecule has 1 saturated heterocycles. The molecule has 1 aliphatic rings. The van der Waals surface area contributed by atoms with Crippen molar-refractivity contribution in [1.82, 2.24) is 4.90 Å². The van der Waals surface area contributed by atoms with Gasteiger partial charge in [0.1, 0.15) is 5.60 Å². The van der Waals surface area contributed by atoms with Gasteiger partial charge in [-0.3, -0.25) is 4.99 Å². The van der Waals surface area contributed by atoms with E-state index in [9.17, 15) is 18.0 Å². The van der Waals surface area contributed by atoms with Crippen molar-refractivity contribution < 1.29 is 22.7 Å². The standard InChI is InChI=1S/C26H31F3N2O2/c1-17-6-7-21(20-12-14-31(15-13-20)24(32)33-25(3,4)5)16-23(17)30-18(2)19-8-10-22(11-9-19)26(27,28)29/h6-11,16,20H,12-15H2,1-5H3. The fourth-order valence-corrected chi connectivity index (χ4v) is 3.87. The lowest BCUT2D eigenvalue weighted by Crippen LogP contribution is -2.41. The van der Waals surface area contributed by atoms with Crippen LogP contribution < -0.4 is 0 Å². The lowest BCUT2D eigenvalue weighted by molar-refractivity contribution is -0.137. The van der Waals surface area contributed by atoms with Gasteiger partial charge in [-0.2, -0.15) is 13.2 Å². The molecule has 0 aromatic heterocycles. The van der Waals surface area contributed by atoms with E-state index in [0.29, 0.717) is 30.3 Å². The SMILES string of the molecule is CC(=Nc1cc(C2CCN(C(=O)OC(C)(C)C)CC2)ccc1C)c1ccc(C(F)(F)F)cc1. The molecule has 2 aromatic rings. The number of likely N-dealkylation sites (tertiary alicyclic amines) is 1. The highest BCUT2D eigenvalue weighted by molar-refractivity contribution is 6.00. The van der Waals surface area contributed by atoms with Gasteiger partial charge in [0.2, 0.25) is 0 Å². The topological polar surface area (TPSA) is 41.9 Å². The fourth-order valence-electron chi connectivity index (χ4n) is 3.87. The van der Waals surface area contributed by atoms with Crippen molar-refractivity contribution in [2.45, 2.75) is 65.2 Å². The summed E-state index contributed by atoms with van der Waals surface area (Å²) in [7, 11) is 0. The molecule has 1 fully saturated rings. The molecule has 2 aromatic carbocycles. The largest absolute Gasteiger partial charge is 0.444 e. The predicted molar refractivity (Wildman–Crippen MR) is 124 cm³/mol. The Balaban J connectivity index is 1.72. The Labute approximate surface area is 193 Å². The van der Waals surface area contributed by atoms with Crippen molar-refractivity contribution >= 4 is 17.5 Å². The van der Waals surface area contributed by atoms with Gasteiger partial charge in [0.15, 0.2) is 0 Å². The number of benzene rings is 2. The summed E-state index contributed by atoms with van der Waals surface area (Å²) in [4.78, 5) is 18.8. The van der Waals surface area contributed by atoms with Gasteiger partial charge in [0, 0.05) is 18.8 Å². The summed E-state index contributed by atoms with van der Waals surface area (Å²) in [5.74, 6) is 0.310. The second kappa shape index (κ2) is 9.57. The Kier molecular flexibility index (Phi) is 7.20. The molecule has 1 heterocycles. The third kappa shape index (κ3) is 6.59.